The van der Waals surface area contributed by atoms with E-state index in [1.165, 1.54) is 18.2 Å². The Morgan fingerprint density at radius 3 is 2.68 bits per heavy atom. The Bertz CT molecular complexity index is 753. The van der Waals surface area contributed by atoms with Crippen molar-refractivity contribution in [2.45, 2.75) is 16.5 Å². The van der Waals surface area contributed by atoms with E-state index in [-0.39, 0.29) is 11.3 Å². The topological polar surface area (TPSA) is 102 Å². The predicted octanol–water partition coefficient (Wildman–Crippen LogP) is 2.18. The number of carbonyl (C=O) groups excluding carboxylic acids is 1. The fourth-order valence-corrected chi connectivity index (χ4v) is 2.46. The third-order valence-corrected chi connectivity index (χ3v) is 3.98. The lowest BCUT2D eigenvalue weighted by atomic mass is 10.2. The van der Waals surface area contributed by atoms with Crippen LogP contribution >= 0.6 is 34.8 Å². The zero-order valence-corrected chi connectivity index (χ0v) is 15.0. The van der Waals surface area contributed by atoms with Crippen molar-refractivity contribution >= 4 is 46.4 Å². The van der Waals surface area contributed by atoms with Gasteiger partial charge in [0.15, 0.2) is 0 Å². The number of nitro benzene ring substituents is 1. The molecule has 2 aromatic rings. The van der Waals surface area contributed by atoms with Gasteiger partial charge in [0.05, 0.1) is 4.92 Å². The highest BCUT2D eigenvalue weighted by Crippen LogP contribution is 2.27. The molecule has 0 spiro atoms. The van der Waals surface area contributed by atoms with Crippen molar-refractivity contribution in [2.75, 3.05) is 0 Å². The molecule has 0 saturated heterocycles. The number of aromatic nitrogens is 1. The molecule has 1 atom stereocenters. The van der Waals surface area contributed by atoms with E-state index < -0.39 is 20.8 Å². The van der Waals surface area contributed by atoms with E-state index in [0.717, 1.165) is 11.6 Å². The molecule has 0 aliphatic carbocycles. The highest BCUT2D eigenvalue weighted by Gasteiger charge is 2.37. The van der Waals surface area contributed by atoms with E-state index in [1.54, 1.807) is 23.8 Å². The van der Waals surface area contributed by atoms with Crippen molar-refractivity contribution < 1.29 is 15.0 Å². The van der Waals surface area contributed by atoms with Gasteiger partial charge in [-0.25, -0.2) is 0 Å². The van der Waals surface area contributed by atoms with Gasteiger partial charge < -0.3 is 5.32 Å². The van der Waals surface area contributed by atoms with E-state index in [1.807, 2.05) is 6.07 Å². The minimum Gasteiger partial charge on any atom is -0.319 e. The van der Waals surface area contributed by atoms with Crippen LogP contribution < -0.4 is 10.6 Å². The fraction of sp³-hybridized carbons (Fsp3) is 0.200. The third-order valence-electron chi connectivity index (χ3n) is 3.27. The van der Waals surface area contributed by atoms with Gasteiger partial charge in [-0.05, 0) is 12.1 Å². The van der Waals surface area contributed by atoms with E-state index in [9.17, 15) is 14.9 Å². The van der Waals surface area contributed by atoms with Crippen LogP contribution in [-0.2, 0) is 6.54 Å². The lowest BCUT2D eigenvalue weighted by molar-refractivity contribution is -0.706. The van der Waals surface area contributed by atoms with Crippen LogP contribution in [0.25, 0.3) is 0 Å². The third kappa shape index (κ3) is 5.82. The maximum atomic E-state index is 12.3. The van der Waals surface area contributed by atoms with Gasteiger partial charge in [0.1, 0.15) is 6.54 Å². The first-order valence-electron chi connectivity index (χ1n) is 7.11. The first kappa shape index (κ1) is 19.4. The van der Waals surface area contributed by atoms with Gasteiger partial charge in [-0.2, -0.15) is 0 Å². The van der Waals surface area contributed by atoms with Crippen molar-refractivity contribution in [3.05, 3.63) is 70.0 Å². The number of carbonyl (C=O) groups is 1. The van der Waals surface area contributed by atoms with Gasteiger partial charge in [0.2, 0.25) is 6.17 Å². The molecule has 0 unspecified atom stereocenters. The lowest BCUT2D eigenvalue weighted by Crippen LogP contribution is -2.95. The van der Waals surface area contributed by atoms with Crippen LogP contribution in [0.15, 0.2) is 48.8 Å². The van der Waals surface area contributed by atoms with Crippen molar-refractivity contribution in [3.8, 4) is 0 Å². The van der Waals surface area contributed by atoms with Gasteiger partial charge in [0.25, 0.3) is 15.4 Å². The van der Waals surface area contributed by atoms with Crippen molar-refractivity contribution in [3.63, 3.8) is 0 Å². The maximum absolute atomic E-state index is 12.3. The summed E-state index contributed by atoms with van der Waals surface area (Å²) in [6, 6.07) is 8.93. The average Bonchev–Trinajstić information content (AvgIpc) is 2.58. The SMILES string of the molecule is O=C(N[C@@H]([NH2+]Cc1cccnc1)C(Cl)(Cl)Cl)c1cccc([N+](=O)[O-])c1. The summed E-state index contributed by atoms with van der Waals surface area (Å²) in [7, 11) is 0. The monoisotopic (exact) mass is 403 g/mol. The van der Waals surface area contributed by atoms with Crippen LogP contribution in [0.4, 0.5) is 5.69 Å². The molecule has 0 aliphatic heterocycles. The second-order valence-corrected chi connectivity index (χ2v) is 7.47. The number of nitrogens with zero attached hydrogens (tertiary/aromatic N) is 2. The Morgan fingerprint density at radius 1 is 1.32 bits per heavy atom. The van der Waals surface area contributed by atoms with E-state index in [2.05, 4.69) is 10.3 Å². The number of pyridine rings is 1. The molecule has 0 radical (unpaired) electrons. The summed E-state index contributed by atoms with van der Waals surface area (Å²) in [6.07, 6.45) is 2.40. The van der Waals surface area contributed by atoms with E-state index in [0.29, 0.717) is 6.54 Å². The van der Waals surface area contributed by atoms with Crippen LogP contribution in [0.2, 0.25) is 0 Å². The molecule has 0 aliphatic rings. The number of nitro groups is 1. The van der Waals surface area contributed by atoms with E-state index in [4.69, 9.17) is 34.8 Å². The molecule has 1 heterocycles. The first-order valence-corrected chi connectivity index (χ1v) is 8.25. The van der Waals surface area contributed by atoms with Gasteiger partial charge >= 0.3 is 0 Å². The van der Waals surface area contributed by atoms with Crippen molar-refractivity contribution in [2.24, 2.45) is 0 Å². The Labute approximate surface area is 158 Å². The van der Waals surface area contributed by atoms with Crippen LogP contribution in [0.1, 0.15) is 15.9 Å². The molecule has 10 heteroatoms. The Hall–Kier alpha value is -1.93. The largest absolute Gasteiger partial charge is 0.319 e. The Morgan fingerprint density at radius 2 is 2.08 bits per heavy atom. The number of hydrogen-bond acceptors (Lipinski definition) is 4. The number of quaternary nitrogens is 1. The van der Waals surface area contributed by atoms with E-state index >= 15 is 0 Å². The molecule has 0 saturated carbocycles. The molecule has 1 aromatic heterocycles. The number of non-ortho nitro benzene ring substituents is 1. The molecule has 1 aromatic carbocycles. The number of nitrogens with one attached hydrogen (secondary N) is 1. The quantitative estimate of drug-likeness (QED) is 0.333. The summed E-state index contributed by atoms with van der Waals surface area (Å²) >= 11 is 17.8. The summed E-state index contributed by atoms with van der Waals surface area (Å²) < 4.78 is -1.78. The van der Waals surface area contributed by atoms with Gasteiger partial charge in [-0.15, -0.1) is 0 Å². The maximum Gasteiger partial charge on any atom is 0.270 e. The van der Waals surface area contributed by atoms with Gasteiger partial charge in [-0.3, -0.25) is 25.2 Å². The minimum absolute atomic E-state index is 0.100. The fourth-order valence-electron chi connectivity index (χ4n) is 2.03. The number of alkyl halides is 3. The number of nitrogens with two attached hydrogens (primary N) is 1. The van der Waals surface area contributed by atoms with Crippen LogP contribution in [-0.4, -0.2) is 25.8 Å². The first-order chi connectivity index (χ1) is 11.8. The van der Waals surface area contributed by atoms with Crippen LogP contribution in [0, 0.1) is 10.1 Å². The van der Waals surface area contributed by atoms with Gasteiger partial charge in [0, 0.05) is 35.7 Å². The molecule has 132 valence electrons. The molecular formula is C15H14Cl3N4O3+. The summed E-state index contributed by atoms with van der Waals surface area (Å²) in [5.74, 6) is -0.581. The molecule has 1 amide bonds. The summed E-state index contributed by atoms with van der Waals surface area (Å²) in [4.78, 5) is 26.6. The smallest absolute Gasteiger partial charge is 0.270 e. The number of benzene rings is 1. The number of amides is 1. The zero-order valence-electron chi connectivity index (χ0n) is 12.7. The number of rotatable bonds is 6. The number of hydrogen-bond donors (Lipinski definition) is 2. The highest BCUT2D eigenvalue weighted by molar-refractivity contribution is 6.68. The lowest BCUT2D eigenvalue weighted by Gasteiger charge is -2.23. The van der Waals surface area contributed by atoms with Crippen LogP contribution in [0.3, 0.4) is 0 Å². The molecule has 25 heavy (non-hydrogen) atoms. The van der Waals surface area contributed by atoms with Crippen molar-refractivity contribution in [1.29, 1.82) is 0 Å². The zero-order chi connectivity index (χ0) is 18.4. The van der Waals surface area contributed by atoms with Gasteiger partial charge in [-0.1, -0.05) is 46.9 Å². The highest BCUT2D eigenvalue weighted by atomic mass is 35.6. The molecule has 3 N–H and O–H groups in total. The number of halogens is 3. The molecule has 7 nitrogen and oxygen atoms in total. The van der Waals surface area contributed by atoms with Crippen LogP contribution in [0.5, 0.6) is 0 Å². The Kier molecular flexibility index (Phi) is 6.55. The predicted molar refractivity (Wildman–Crippen MR) is 94.5 cm³/mol. The second-order valence-electron chi connectivity index (χ2n) is 5.10. The normalized spacial score (nSPS) is 12.4. The summed E-state index contributed by atoms with van der Waals surface area (Å²) in [5.41, 5.74) is 0.784. The molecule has 2 rings (SSSR count). The molecule has 0 fully saturated rings. The minimum atomic E-state index is -1.78. The second kappa shape index (κ2) is 8.44. The Balaban J connectivity index is 2.10. The average molecular weight is 405 g/mol. The molecule has 0 bridgehead atoms. The molecular weight excluding hydrogens is 391 g/mol. The summed E-state index contributed by atoms with van der Waals surface area (Å²) in [6.45, 7) is 0.418. The standard InChI is InChI=1S/C15H13Cl3N4O3/c16-15(17,18)14(20-9-10-3-2-6-19-8-10)21-13(23)11-4-1-5-12(7-11)22(24)25/h1-8,14,20H,9H2,(H,21,23)/p+1/t14-/m1/s1. The van der Waals surface area contributed by atoms with Crippen molar-refractivity contribution in [1.82, 2.24) is 10.3 Å². The summed E-state index contributed by atoms with van der Waals surface area (Å²) in [5, 5.41) is 15.0.